The van der Waals surface area contributed by atoms with Crippen LogP contribution in [0.2, 0.25) is 0 Å². The van der Waals surface area contributed by atoms with Crippen LogP contribution in [-0.4, -0.2) is 0 Å². The molecule has 4 aliphatic carbocycles. The molecule has 16 aromatic rings. The van der Waals surface area contributed by atoms with Gasteiger partial charge in [-0.2, -0.15) is 0 Å². The van der Waals surface area contributed by atoms with Gasteiger partial charge in [-0.25, -0.2) is 0 Å². The molecule has 21 rings (SSSR count). The molecular weight excluding hydrogens is 1660 g/mol. The van der Waals surface area contributed by atoms with Gasteiger partial charge in [-0.3, -0.25) is 0 Å². The van der Waals surface area contributed by atoms with Gasteiger partial charge >= 0.3 is 0 Å². The normalized spacial score (nSPS) is 14.2. The number of anilines is 3. The molecule has 2 heteroatoms. The zero-order valence-corrected chi connectivity index (χ0v) is 83.1. The zero-order valence-electron chi connectivity index (χ0n) is 83.1. The Morgan fingerprint density at radius 3 is 0.732 bits per heavy atom. The molecule has 1 aliphatic heterocycles. The molecule has 138 heavy (non-hydrogen) atoms. The van der Waals surface area contributed by atoms with Gasteiger partial charge in [0.25, 0.3) is 0 Å². The highest BCUT2D eigenvalue weighted by molar-refractivity contribution is 6.05. The predicted octanol–water partition coefficient (Wildman–Crippen LogP) is 40.4. The van der Waals surface area contributed by atoms with Gasteiger partial charge in [-0.05, 0) is 277 Å². The highest BCUT2D eigenvalue weighted by Crippen LogP contribution is 2.62. The number of unbranched alkanes of at least 4 members (excludes halogenated alkanes) is 20. The number of benzene rings is 16. The van der Waals surface area contributed by atoms with Crippen LogP contribution in [0.3, 0.4) is 0 Å². The standard InChI is InChI=1S/C136H137NO/c1-9-13-17-21-25-42-80-135(81-43-26-22-18-14-10-2)120-54-40-38-52-110(120)116-76-68-105(90-126(116)135)101-64-72-112-114-74-66-103(88-124(114)133(5,6)122(112)86-101)107-70-78-130-128(92-107)137(132-118(99-60-56-97(57-61-99)94-46-32-29-33-47-94)84-109(96-50-36-31-37-51-96)85-119(132)100-62-58-98(59-63-100)95-48-34-30-35-49-95)129-93-108(71-79-131(129)138-130)104-67-75-115-113-73-65-102(87-123(113)134(7,8)125(115)89-104)106-69-77-117-111-53-39-41-55-121(111)136(127(117)91-106,82-44-27-23-19-15-11-3)83-45-28-24-20-16-12-4/h29-41,46-79,84-93H,9-28,42-45,80-83H2,1-8H3. The van der Waals surface area contributed by atoms with Crippen LogP contribution in [-0.2, 0) is 21.7 Å². The van der Waals surface area contributed by atoms with Gasteiger partial charge in [0.15, 0.2) is 11.5 Å². The third kappa shape index (κ3) is 17.4. The van der Waals surface area contributed by atoms with Gasteiger partial charge in [0.1, 0.15) is 0 Å². The molecule has 0 atom stereocenters. The third-order valence-corrected chi connectivity index (χ3v) is 32.7. The molecule has 0 spiro atoms. The molecule has 2 nitrogen and oxygen atoms in total. The third-order valence-electron chi connectivity index (χ3n) is 32.7. The SMILES string of the molecule is CCCCCCCCC1(CCCCCCCC)c2ccccc2-c2ccc(-c3ccc4c(c3)C(C)(C)c3cc(-c5ccc6c(c5)N(c5c(-c7ccc(-c8ccccc8)cc7)cc(-c7ccccc7)cc5-c5ccc(-c7ccccc7)cc5)c5cc(-c7ccc8c(c7)C(C)(C)c7cc(-c9ccc%10c(c9)C(CCCCCCCC)(CCCCCCCC)c9ccccc9-%10)ccc7-8)ccc5O6)ccc3-4)cc21. The first-order valence-electron chi connectivity index (χ1n) is 53.2. The predicted molar refractivity (Wildman–Crippen MR) is 590 cm³/mol. The molecule has 0 aromatic heterocycles. The number of rotatable bonds is 38. The van der Waals surface area contributed by atoms with Crippen molar-refractivity contribution < 1.29 is 4.74 Å². The molecule has 0 fully saturated rings. The van der Waals surface area contributed by atoms with Gasteiger partial charge in [-0.15, -0.1) is 0 Å². The van der Waals surface area contributed by atoms with Crippen molar-refractivity contribution in [1.29, 1.82) is 0 Å². The molecule has 0 saturated heterocycles. The Kier molecular flexibility index (Phi) is 26.5. The van der Waals surface area contributed by atoms with Crippen LogP contribution in [0.5, 0.6) is 11.5 Å². The molecule has 1 heterocycles. The smallest absolute Gasteiger partial charge is 0.151 e. The molecule has 692 valence electrons. The van der Waals surface area contributed by atoms with E-state index in [2.05, 4.69) is 406 Å². The summed E-state index contributed by atoms with van der Waals surface area (Å²) in [5.41, 5.74) is 46.4. The van der Waals surface area contributed by atoms with Gasteiger partial charge in [-0.1, -0.05) is 482 Å². The van der Waals surface area contributed by atoms with Crippen LogP contribution >= 0.6 is 0 Å². The highest BCUT2D eigenvalue weighted by Gasteiger charge is 2.46. The van der Waals surface area contributed by atoms with Gasteiger partial charge < -0.3 is 9.64 Å². The van der Waals surface area contributed by atoms with E-state index in [-0.39, 0.29) is 21.7 Å². The lowest BCUT2D eigenvalue weighted by Crippen LogP contribution is -2.25. The lowest BCUT2D eigenvalue weighted by Gasteiger charge is -2.36. The lowest BCUT2D eigenvalue weighted by atomic mass is 9.70. The van der Waals surface area contributed by atoms with E-state index in [0.717, 1.165) is 73.1 Å². The number of hydrogen-bond acceptors (Lipinski definition) is 2. The largest absolute Gasteiger partial charge is 0.453 e. The van der Waals surface area contributed by atoms with Crippen LogP contribution in [0.4, 0.5) is 17.1 Å². The summed E-state index contributed by atoms with van der Waals surface area (Å²) in [6.45, 7) is 19.2. The topological polar surface area (TPSA) is 12.5 Å². The number of ether oxygens (including phenoxy) is 1. The molecule has 5 aliphatic rings. The molecule has 0 bridgehead atoms. The molecule has 0 amide bonds. The van der Waals surface area contributed by atoms with Crippen LogP contribution in [0, 0.1) is 0 Å². The summed E-state index contributed by atoms with van der Waals surface area (Å²) in [7, 11) is 0. The number of fused-ring (bicyclic) bond motifs is 14. The Balaban J connectivity index is 0.673. The van der Waals surface area contributed by atoms with E-state index in [0.29, 0.717) is 0 Å². The molecular formula is C136H137NO. The van der Waals surface area contributed by atoms with Crippen molar-refractivity contribution in [3.05, 3.63) is 390 Å². The van der Waals surface area contributed by atoms with Crippen molar-refractivity contribution in [2.75, 3.05) is 4.90 Å². The minimum atomic E-state index is -0.305. The summed E-state index contributed by atoms with van der Waals surface area (Å²) in [5.74, 6) is 1.59. The van der Waals surface area contributed by atoms with Gasteiger partial charge in [0.2, 0.25) is 0 Å². The van der Waals surface area contributed by atoms with Crippen molar-refractivity contribution >= 4 is 17.1 Å². The average molecular weight is 1800 g/mol. The first-order chi connectivity index (χ1) is 67.7. The summed E-state index contributed by atoms with van der Waals surface area (Å²) >= 11 is 0. The Hall–Kier alpha value is -12.9. The second-order valence-corrected chi connectivity index (χ2v) is 42.1. The van der Waals surface area contributed by atoms with Crippen molar-refractivity contribution in [2.24, 2.45) is 0 Å². The minimum Gasteiger partial charge on any atom is -0.453 e. The van der Waals surface area contributed by atoms with Crippen molar-refractivity contribution in [2.45, 2.75) is 257 Å². The maximum atomic E-state index is 7.52. The first-order valence-corrected chi connectivity index (χ1v) is 53.2. The van der Waals surface area contributed by atoms with E-state index in [9.17, 15) is 0 Å². The lowest BCUT2D eigenvalue weighted by molar-refractivity contribution is 0.398. The van der Waals surface area contributed by atoms with Crippen molar-refractivity contribution in [3.8, 4) is 156 Å². The second-order valence-electron chi connectivity index (χ2n) is 42.1. The summed E-state index contributed by atoms with van der Waals surface area (Å²) in [4.78, 5) is 2.59. The van der Waals surface area contributed by atoms with E-state index in [4.69, 9.17) is 4.74 Å². The Morgan fingerprint density at radius 1 is 0.181 bits per heavy atom. The maximum absolute atomic E-state index is 7.52. The van der Waals surface area contributed by atoms with E-state index in [1.54, 1.807) is 22.3 Å². The molecule has 0 saturated carbocycles. The van der Waals surface area contributed by atoms with Crippen LogP contribution in [0.25, 0.3) is 145 Å². The van der Waals surface area contributed by atoms with Crippen LogP contribution < -0.4 is 9.64 Å². The fraction of sp³-hybridized carbons (Fsp3) is 0.294. The van der Waals surface area contributed by atoms with Crippen LogP contribution in [0.15, 0.2) is 346 Å². The molecule has 0 radical (unpaired) electrons. The Bertz CT molecular complexity index is 6650. The fourth-order valence-electron chi connectivity index (χ4n) is 25.1. The second kappa shape index (κ2) is 39.9. The molecule has 0 unspecified atom stereocenters. The highest BCUT2D eigenvalue weighted by atomic mass is 16.5. The molecule has 16 aromatic carbocycles. The van der Waals surface area contributed by atoms with E-state index < -0.39 is 0 Å². The van der Waals surface area contributed by atoms with Crippen molar-refractivity contribution in [3.63, 3.8) is 0 Å². The first kappa shape index (κ1) is 91.5. The van der Waals surface area contributed by atoms with Crippen LogP contribution in [0.1, 0.15) is 280 Å². The molecule has 0 N–H and O–H groups in total. The fourth-order valence-corrected chi connectivity index (χ4v) is 25.1. The van der Waals surface area contributed by atoms with Crippen molar-refractivity contribution in [1.82, 2.24) is 0 Å². The summed E-state index contributed by atoms with van der Waals surface area (Å²) in [5, 5.41) is 0. The average Bonchev–Trinajstić information content (AvgIpc) is 1.57. The van der Waals surface area contributed by atoms with E-state index >= 15 is 0 Å². The van der Waals surface area contributed by atoms with Gasteiger partial charge in [0, 0.05) is 32.8 Å². The van der Waals surface area contributed by atoms with Gasteiger partial charge in [0.05, 0.1) is 17.1 Å². The zero-order chi connectivity index (χ0) is 93.9. The monoisotopic (exact) mass is 1800 g/mol. The number of nitrogens with zero attached hydrogens (tertiary/aromatic N) is 1. The van der Waals surface area contributed by atoms with E-state index in [1.807, 2.05) is 0 Å². The maximum Gasteiger partial charge on any atom is 0.151 e. The summed E-state index contributed by atoms with van der Waals surface area (Å²) in [6.07, 6.45) is 36.2. The quantitative estimate of drug-likeness (QED) is 0.0358. The Labute approximate surface area is 824 Å². The minimum absolute atomic E-state index is 0.00360. The summed E-state index contributed by atoms with van der Waals surface area (Å²) in [6, 6.07) is 134. The summed E-state index contributed by atoms with van der Waals surface area (Å²) < 4.78 is 7.52. The number of hydrogen-bond donors (Lipinski definition) is 0. The Morgan fingerprint density at radius 2 is 0.413 bits per heavy atom. The van der Waals surface area contributed by atoms with E-state index in [1.165, 1.54) is 302 Å².